The molecule has 2 rings (SSSR count). The van der Waals surface area contributed by atoms with E-state index in [0.717, 1.165) is 5.39 Å². The molecule has 1 N–H and O–H groups in total. The van der Waals surface area contributed by atoms with Gasteiger partial charge in [0, 0.05) is 11.5 Å². The van der Waals surface area contributed by atoms with Crippen molar-refractivity contribution in [3.63, 3.8) is 0 Å². The Kier molecular flexibility index (Phi) is 3.93. The fraction of sp³-hybridized carbons (Fsp3) is 0. The Labute approximate surface area is 90.6 Å². The van der Waals surface area contributed by atoms with E-state index in [2.05, 4.69) is 12.6 Å². The van der Waals surface area contributed by atoms with E-state index in [9.17, 15) is 4.79 Å². The minimum Gasteiger partial charge on any atom is -0.473 e. The maximum absolute atomic E-state index is 10.7. The first kappa shape index (κ1) is 11.3. The van der Waals surface area contributed by atoms with E-state index in [4.69, 9.17) is 14.3 Å². The van der Waals surface area contributed by atoms with Crippen molar-refractivity contribution in [3.8, 4) is 0 Å². The predicted octanol–water partition coefficient (Wildman–Crippen LogP) is 2.39. The highest BCUT2D eigenvalue weighted by atomic mass is 32.1. The molecule has 0 aliphatic rings. The first-order chi connectivity index (χ1) is 7.09. The highest BCUT2D eigenvalue weighted by Gasteiger charge is 1.92. The van der Waals surface area contributed by atoms with Gasteiger partial charge in [-0.05, 0) is 12.1 Å². The van der Waals surface area contributed by atoms with E-state index < -0.39 is 5.30 Å². The maximum atomic E-state index is 10.7. The molecule has 4 nitrogen and oxygen atoms in total. The molecule has 0 aliphatic heterocycles. The smallest absolute Gasteiger partial charge is 0.361 e. The van der Waals surface area contributed by atoms with Gasteiger partial charge in [-0.3, -0.25) is 0 Å². The van der Waals surface area contributed by atoms with Crippen molar-refractivity contribution in [2.45, 2.75) is 0 Å². The van der Waals surface area contributed by atoms with Gasteiger partial charge in [0.15, 0.2) is 0 Å². The van der Waals surface area contributed by atoms with Crippen molar-refractivity contribution in [1.29, 1.82) is 0 Å². The van der Waals surface area contributed by atoms with E-state index in [1.165, 1.54) is 6.07 Å². The predicted molar refractivity (Wildman–Crippen MR) is 59.5 cm³/mol. The topological polar surface area (TPSA) is 67.5 Å². The van der Waals surface area contributed by atoms with Crippen molar-refractivity contribution >= 4 is 28.9 Å². The van der Waals surface area contributed by atoms with E-state index in [0.29, 0.717) is 5.58 Å². The van der Waals surface area contributed by atoms with Crippen LogP contribution in [0.25, 0.3) is 11.0 Å². The van der Waals surface area contributed by atoms with Crippen LogP contribution in [0.3, 0.4) is 0 Å². The third-order valence-corrected chi connectivity index (χ3v) is 1.53. The number of fused-ring (bicyclic) bond motifs is 1. The molecule has 15 heavy (non-hydrogen) atoms. The van der Waals surface area contributed by atoms with Crippen molar-refractivity contribution in [3.05, 3.63) is 46.8 Å². The summed E-state index contributed by atoms with van der Waals surface area (Å²) in [6.07, 6.45) is 0. The number of carbonyl (C=O) groups is 1. The molecule has 78 valence electrons. The molecule has 0 bridgehead atoms. The fourth-order valence-electron chi connectivity index (χ4n) is 1.01. The molecule has 0 atom stereocenters. The lowest BCUT2D eigenvalue weighted by Crippen LogP contribution is -1.93. The highest BCUT2D eigenvalue weighted by Crippen LogP contribution is 2.08. The molecule has 0 amide bonds. The lowest BCUT2D eigenvalue weighted by atomic mass is 10.2. The second-order valence-electron chi connectivity index (χ2n) is 2.57. The summed E-state index contributed by atoms with van der Waals surface area (Å²) in [7, 11) is 0. The first-order valence-corrected chi connectivity index (χ1v) is 4.45. The maximum Gasteiger partial charge on any atom is 0.361 e. The Morgan fingerprint density at radius 2 is 1.80 bits per heavy atom. The molecule has 0 saturated heterocycles. The van der Waals surface area contributed by atoms with Crippen molar-refractivity contribution < 1.29 is 14.3 Å². The van der Waals surface area contributed by atoms with Crippen LogP contribution in [-0.2, 0) is 0 Å². The van der Waals surface area contributed by atoms with Gasteiger partial charge in [0.1, 0.15) is 5.58 Å². The monoisotopic (exact) mass is 224 g/mol. The second kappa shape index (κ2) is 5.21. The van der Waals surface area contributed by atoms with Gasteiger partial charge < -0.3 is 9.52 Å². The van der Waals surface area contributed by atoms with E-state index in [-0.39, 0.29) is 5.63 Å². The minimum absolute atomic E-state index is 0.302. The van der Waals surface area contributed by atoms with Crippen molar-refractivity contribution in [2.24, 2.45) is 0 Å². The number of carboxylic acid groups (broad SMARTS) is 1. The van der Waals surface area contributed by atoms with Crippen molar-refractivity contribution in [2.75, 3.05) is 0 Å². The summed E-state index contributed by atoms with van der Waals surface area (Å²) in [5.74, 6) is 0. The Hall–Kier alpha value is -1.75. The molecule has 0 unspecified atom stereocenters. The molecule has 0 spiro atoms. The standard InChI is InChI=1S/C9H6O2.CH2O2S/c10-9-6-5-7-3-1-2-4-8(7)11-9;2-1(3)4/h1-6H;4H,(H,2,3). The van der Waals surface area contributed by atoms with Gasteiger partial charge in [0.2, 0.25) is 0 Å². The van der Waals surface area contributed by atoms with E-state index in [1.807, 2.05) is 18.2 Å². The van der Waals surface area contributed by atoms with Crippen LogP contribution in [0.15, 0.2) is 45.6 Å². The van der Waals surface area contributed by atoms with Gasteiger partial charge in [-0.25, -0.2) is 9.59 Å². The molecule has 5 heteroatoms. The summed E-state index contributed by atoms with van der Waals surface area (Å²) in [6, 6.07) is 10.6. The van der Waals surface area contributed by atoms with Gasteiger partial charge >= 0.3 is 10.9 Å². The summed E-state index contributed by atoms with van der Waals surface area (Å²) in [5.41, 5.74) is 0.337. The molecule has 1 heterocycles. The van der Waals surface area contributed by atoms with Crippen LogP contribution in [0, 0.1) is 0 Å². The largest absolute Gasteiger partial charge is 0.473 e. The lowest BCUT2D eigenvalue weighted by molar-refractivity contribution is 0.222. The van der Waals surface area contributed by atoms with Crippen LogP contribution in [0.2, 0.25) is 0 Å². The van der Waals surface area contributed by atoms with Crippen LogP contribution in [0.4, 0.5) is 4.79 Å². The number of rotatable bonds is 0. The number of hydrogen-bond donors (Lipinski definition) is 2. The summed E-state index contributed by atoms with van der Waals surface area (Å²) in [5, 5.41) is 7.09. The zero-order chi connectivity index (χ0) is 11.3. The third kappa shape index (κ3) is 3.86. The number of benzene rings is 1. The van der Waals surface area contributed by atoms with Crippen LogP contribution < -0.4 is 5.63 Å². The normalized spacial score (nSPS) is 9.13. The van der Waals surface area contributed by atoms with Crippen LogP contribution in [0.1, 0.15) is 0 Å². The molecule has 2 aromatic rings. The summed E-state index contributed by atoms with van der Waals surface area (Å²) in [6.45, 7) is 0. The SMILES string of the molecule is O=C(O)S.O=c1ccc2ccccc2o1. The highest BCUT2D eigenvalue weighted by molar-refractivity contribution is 7.96. The summed E-state index contributed by atoms with van der Waals surface area (Å²) < 4.78 is 4.91. The Morgan fingerprint density at radius 1 is 1.20 bits per heavy atom. The van der Waals surface area contributed by atoms with Gasteiger partial charge in [0.05, 0.1) is 0 Å². The van der Waals surface area contributed by atoms with Crippen LogP contribution in [0.5, 0.6) is 0 Å². The molecule has 0 saturated carbocycles. The molecule has 0 aliphatic carbocycles. The third-order valence-electron chi connectivity index (χ3n) is 1.53. The molecule has 0 radical (unpaired) electrons. The minimum atomic E-state index is -1.14. The number of para-hydroxylation sites is 1. The average molecular weight is 224 g/mol. The molecular weight excluding hydrogens is 216 g/mol. The van der Waals surface area contributed by atoms with Crippen LogP contribution in [-0.4, -0.2) is 10.4 Å². The van der Waals surface area contributed by atoms with Gasteiger partial charge in [-0.1, -0.05) is 30.8 Å². The molecule has 0 fully saturated rings. The summed E-state index contributed by atoms with van der Waals surface area (Å²) in [4.78, 5) is 19.6. The number of hydrogen-bond acceptors (Lipinski definition) is 3. The summed E-state index contributed by atoms with van der Waals surface area (Å²) >= 11 is 2.88. The quantitative estimate of drug-likeness (QED) is 0.532. The van der Waals surface area contributed by atoms with Gasteiger partial charge in [0.25, 0.3) is 0 Å². The van der Waals surface area contributed by atoms with Crippen molar-refractivity contribution in [1.82, 2.24) is 0 Å². The zero-order valence-electron chi connectivity index (χ0n) is 7.58. The Bertz CT molecular complexity index is 514. The van der Waals surface area contributed by atoms with Crippen LogP contribution >= 0.6 is 12.6 Å². The van der Waals surface area contributed by atoms with E-state index in [1.54, 1.807) is 12.1 Å². The molecule has 1 aromatic carbocycles. The van der Waals surface area contributed by atoms with Gasteiger partial charge in [-0.2, -0.15) is 0 Å². The van der Waals surface area contributed by atoms with Gasteiger partial charge in [-0.15, -0.1) is 0 Å². The zero-order valence-corrected chi connectivity index (χ0v) is 8.48. The second-order valence-corrected chi connectivity index (χ2v) is 2.96. The Balaban J connectivity index is 0.000000245. The molecular formula is C10H8O4S. The van der Waals surface area contributed by atoms with E-state index >= 15 is 0 Å². The average Bonchev–Trinajstić information content (AvgIpc) is 2.16. The fourth-order valence-corrected chi connectivity index (χ4v) is 1.01. The Morgan fingerprint density at radius 3 is 2.47 bits per heavy atom. The molecule has 1 aromatic heterocycles. The number of thiol groups is 1. The first-order valence-electron chi connectivity index (χ1n) is 4.00. The lowest BCUT2D eigenvalue weighted by Gasteiger charge is -1.91.